The lowest BCUT2D eigenvalue weighted by atomic mass is 10.2. The van der Waals surface area contributed by atoms with Crippen LogP contribution in [-0.4, -0.2) is 45.2 Å². The molecule has 8 nitrogen and oxygen atoms in total. The first-order valence-corrected chi connectivity index (χ1v) is 9.16. The molecule has 0 aliphatic rings. The molecule has 0 atom stereocenters. The van der Waals surface area contributed by atoms with Gasteiger partial charge < -0.3 is 11.1 Å². The zero-order valence-electron chi connectivity index (χ0n) is 14.7. The third kappa shape index (κ3) is 5.02. The Morgan fingerprint density at radius 1 is 1.04 bits per heavy atom. The van der Waals surface area contributed by atoms with Crippen molar-refractivity contribution < 1.29 is 22.4 Å². The molecule has 0 saturated heterocycles. The Labute approximate surface area is 156 Å². The van der Waals surface area contributed by atoms with E-state index in [0.717, 1.165) is 20.7 Å². The monoisotopic (exact) mass is 394 g/mol. The summed E-state index contributed by atoms with van der Waals surface area (Å²) >= 11 is 0. The van der Waals surface area contributed by atoms with Crippen LogP contribution in [0.15, 0.2) is 48.5 Å². The third-order valence-electron chi connectivity index (χ3n) is 3.59. The van der Waals surface area contributed by atoms with E-state index in [4.69, 9.17) is 5.73 Å². The Bertz CT molecular complexity index is 928. The summed E-state index contributed by atoms with van der Waals surface area (Å²) in [5.41, 5.74) is 5.94. The number of rotatable bonds is 7. The molecule has 0 aliphatic carbocycles. The molecule has 0 heterocycles. The molecule has 0 bridgehead atoms. The molecule has 0 spiro atoms. The number of nitrogens with one attached hydrogen (secondary N) is 1. The second-order valence-corrected chi connectivity index (χ2v) is 7.83. The highest BCUT2D eigenvalue weighted by atomic mass is 32.2. The fourth-order valence-corrected chi connectivity index (χ4v) is 3.22. The van der Waals surface area contributed by atoms with Gasteiger partial charge in [-0.3, -0.25) is 9.59 Å². The van der Waals surface area contributed by atoms with E-state index >= 15 is 0 Å². The molecular weight excluding hydrogens is 375 g/mol. The Kier molecular flexibility index (Phi) is 6.13. The van der Waals surface area contributed by atoms with E-state index in [1.165, 1.54) is 50.5 Å². The second kappa shape index (κ2) is 8.14. The van der Waals surface area contributed by atoms with Gasteiger partial charge in [0, 0.05) is 25.3 Å². The predicted molar refractivity (Wildman–Crippen MR) is 99.9 cm³/mol. The standard InChI is InChI=1S/C17H19FN4O4S/c1-21(2)27(25,26)22(15-9-5-13(18)6-10-15)11-16(23)20-14-7-3-12(4-8-14)17(19)24/h3-10H,11H2,1-2H3,(H2,19,24)(H,20,23). The van der Waals surface area contributed by atoms with Gasteiger partial charge >= 0.3 is 10.2 Å². The van der Waals surface area contributed by atoms with Crippen LogP contribution >= 0.6 is 0 Å². The van der Waals surface area contributed by atoms with E-state index in [1.807, 2.05) is 0 Å². The van der Waals surface area contributed by atoms with Crippen LogP contribution in [0, 0.1) is 5.82 Å². The van der Waals surface area contributed by atoms with E-state index in [9.17, 15) is 22.4 Å². The van der Waals surface area contributed by atoms with Gasteiger partial charge in [-0.05, 0) is 48.5 Å². The smallest absolute Gasteiger partial charge is 0.304 e. The van der Waals surface area contributed by atoms with Crippen molar-refractivity contribution in [3.05, 3.63) is 59.9 Å². The van der Waals surface area contributed by atoms with Crippen LogP contribution in [0.4, 0.5) is 15.8 Å². The van der Waals surface area contributed by atoms with Crippen LogP contribution in [0.3, 0.4) is 0 Å². The summed E-state index contributed by atoms with van der Waals surface area (Å²) in [6.45, 7) is -0.524. The van der Waals surface area contributed by atoms with Crippen molar-refractivity contribution in [3.63, 3.8) is 0 Å². The van der Waals surface area contributed by atoms with E-state index in [0.29, 0.717) is 5.69 Å². The number of carbonyl (C=O) groups is 2. The van der Waals surface area contributed by atoms with Crippen LogP contribution in [0.2, 0.25) is 0 Å². The molecule has 2 aromatic carbocycles. The van der Waals surface area contributed by atoms with Crippen molar-refractivity contribution in [1.29, 1.82) is 0 Å². The average Bonchev–Trinajstić information content (AvgIpc) is 2.60. The van der Waals surface area contributed by atoms with Crippen LogP contribution < -0.4 is 15.4 Å². The summed E-state index contributed by atoms with van der Waals surface area (Å²) in [6, 6.07) is 10.6. The molecule has 0 aliphatic heterocycles. The number of nitrogens with zero attached hydrogens (tertiary/aromatic N) is 2. The molecule has 10 heteroatoms. The highest BCUT2D eigenvalue weighted by Crippen LogP contribution is 2.20. The van der Waals surface area contributed by atoms with Gasteiger partial charge in [0.15, 0.2) is 0 Å². The fraction of sp³-hybridized carbons (Fsp3) is 0.176. The van der Waals surface area contributed by atoms with Crippen molar-refractivity contribution in [1.82, 2.24) is 4.31 Å². The van der Waals surface area contributed by atoms with E-state index in [1.54, 1.807) is 0 Å². The number of carbonyl (C=O) groups excluding carboxylic acids is 2. The molecule has 3 N–H and O–H groups in total. The maximum Gasteiger partial charge on any atom is 0.304 e. The summed E-state index contributed by atoms with van der Waals surface area (Å²) < 4.78 is 40.1. The summed E-state index contributed by atoms with van der Waals surface area (Å²) in [5.74, 6) is -1.75. The first-order chi connectivity index (χ1) is 12.6. The number of halogens is 1. The van der Waals surface area contributed by atoms with Gasteiger partial charge in [-0.15, -0.1) is 0 Å². The highest BCUT2D eigenvalue weighted by molar-refractivity contribution is 7.90. The van der Waals surface area contributed by atoms with Gasteiger partial charge in [0.1, 0.15) is 12.4 Å². The summed E-state index contributed by atoms with van der Waals surface area (Å²) in [4.78, 5) is 23.4. The maximum absolute atomic E-state index is 13.2. The largest absolute Gasteiger partial charge is 0.366 e. The van der Waals surface area contributed by atoms with Gasteiger partial charge in [0.2, 0.25) is 11.8 Å². The quantitative estimate of drug-likeness (QED) is 0.734. The van der Waals surface area contributed by atoms with E-state index in [-0.39, 0.29) is 11.3 Å². The molecule has 2 amide bonds. The number of hydrogen-bond donors (Lipinski definition) is 2. The normalized spacial score (nSPS) is 11.3. The van der Waals surface area contributed by atoms with Gasteiger partial charge in [0.25, 0.3) is 0 Å². The van der Waals surface area contributed by atoms with Crippen LogP contribution in [0.25, 0.3) is 0 Å². The summed E-state index contributed by atoms with van der Waals surface area (Å²) in [6.07, 6.45) is 0. The number of nitrogens with two attached hydrogens (primary N) is 1. The number of primary amides is 1. The van der Waals surface area contributed by atoms with Crippen molar-refractivity contribution in [2.24, 2.45) is 5.73 Å². The molecule has 2 aromatic rings. The minimum atomic E-state index is -3.99. The number of anilines is 2. The van der Waals surface area contributed by atoms with Gasteiger partial charge in [-0.25, -0.2) is 8.70 Å². The first-order valence-electron chi connectivity index (χ1n) is 7.76. The molecule has 0 unspecified atom stereocenters. The Hall–Kier alpha value is -2.98. The highest BCUT2D eigenvalue weighted by Gasteiger charge is 2.27. The number of benzene rings is 2. The first kappa shape index (κ1) is 20.3. The van der Waals surface area contributed by atoms with Gasteiger partial charge in [0.05, 0.1) is 5.69 Å². The van der Waals surface area contributed by atoms with Crippen LogP contribution in [0.5, 0.6) is 0 Å². The zero-order chi connectivity index (χ0) is 20.2. The number of amides is 2. The van der Waals surface area contributed by atoms with Crippen molar-refractivity contribution >= 4 is 33.4 Å². The molecule has 0 saturated carbocycles. The van der Waals surface area contributed by atoms with Crippen LogP contribution in [0.1, 0.15) is 10.4 Å². The fourth-order valence-electron chi connectivity index (χ4n) is 2.16. The molecular formula is C17H19FN4O4S. The summed E-state index contributed by atoms with van der Waals surface area (Å²) in [7, 11) is -1.34. The van der Waals surface area contributed by atoms with Gasteiger partial charge in [-0.2, -0.15) is 12.7 Å². The lowest BCUT2D eigenvalue weighted by Crippen LogP contribution is -2.44. The summed E-state index contributed by atoms with van der Waals surface area (Å²) in [5, 5.41) is 2.54. The molecule has 0 radical (unpaired) electrons. The Morgan fingerprint density at radius 2 is 1.59 bits per heavy atom. The molecule has 27 heavy (non-hydrogen) atoms. The molecule has 0 aromatic heterocycles. The molecule has 144 valence electrons. The lowest BCUT2D eigenvalue weighted by Gasteiger charge is -2.26. The topological polar surface area (TPSA) is 113 Å². The van der Waals surface area contributed by atoms with Crippen molar-refractivity contribution in [2.75, 3.05) is 30.3 Å². The lowest BCUT2D eigenvalue weighted by molar-refractivity contribution is -0.114. The van der Waals surface area contributed by atoms with E-state index < -0.39 is 34.4 Å². The maximum atomic E-state index is 13.2. The Balaban J connectivity index is 2.22. The number of hydrogen-bond acceptors (Lipinski definition) is 4. The molecule has 0 fully saturated rings. The SMILES string of the molecule is CN(C)S(=O)(=O)N(CC(=O)Nc1ccc(C(N)=O)cc1)c1ccc(F)cc1. The minimum Gasteiger partial charge on any atom is -0.366 e. The predicted octanol–water partition coefficient (Wildman–Crippen LogP) is 1.18. The van der Waals surface area contributed by atoms with E-state index in [2.05, 4.69) is 5.32 Å². The molecule has 2 rings (SSSR count). The van der Waals surface area contributed by atoms with Gasteiger partial charge in [-0.1, -0.05) is 0 Å². The second-order valence-electron chi connectivity index (χ2n) is 5.76. The zero-order valence-corrected chi connectivity index (χ0v) is 15.5. The average molecular weight is 394 g/mol. The van der Waals surface area contributed by atoms with Crippen molar-refractivity contribution in [3.8, 4) is 0 Å². The third-order valence-corrected chi connectivity index (χ3v) is 5.41. The van der Waals surface area contributed by atoms with Crippen molar-refractivity contribution in [2.45, 2.75) is 0 Å². The van der Waals surface area contributed by atoms with Crippen LogP contribution in [-0.2, 0) is 15.0 Å². The Morgan fingerprint density at radius 3 is 2.07 bits per heavy atom. The minimum absolute atomic E-state index is 0.143.